The van der Waals surface area contributed by atoms with Crippen LogP contribution in [0.4, 0.5) is 11.4 Å². The number of thioether (sulfide) groups is 1. The Kier molecular flexibility index (Phi) is 5.54. The minimum atomic E-state index is 0.670. The van der Waals surface area contributed by atoms with Gasteiger partial charge in [-0.1, -0.05) is 28.9 Å². The zero-order chi connectivity index (χ0) is 15.2. The van der Waals surface area contributed by atoms with Crippen LogP contribution in [0.5, 0.6) is 5.75 Å². The van der Waals surface area contributed by atoms with Crippen LogP contribution in [0.15, 0.2) is 45.8 Å². The average Bonchev–Trinajstić information content (AvgIpc) is 2.47. The largest absolute Gasteiger partial charge is 0.497 e. The zero-order valence-corrected chi connectivity index (χ0v) is 14.2. The van der Waals surface area contributed by atoms with Crippen molar-refractivity contribution in [3.8, 4) is 11.8 Å². The minimum absolute atomic E-state index is 0.670. The lowest BCUT2D eigenvalue weighted by atomic mass is 10.2. The summed E-state index contributed by atoms with van der Waals surface area (Å²) in [5.41, 5.74) is 2.34. The summed E-state index contributed by atoms with van der Waals surface area (Å²) in [5.74, 6) is 1.69. The molecule has 1 N–H and O–H groups in total. The molecule has 0 aliphatic carbocycles. The Balaban J connectivity index is 2.38. The number of methoxy groups -OCH3 is 1. The first kappa shape index (κ1) is 15.7. The quantitative estimate of drug-likeness (QED) is 0.743. The van der Waals surface area contributed by atoms with Gasteiger partial charge in [-0.3, -0.25) is 0 Å². The van der Waals surface area contributed by atoms with Crippen LogP contribution in [0.25, 0.3) is 0 Å². The third kappa shape index (κ3) is 3.93. The van der Waals surface area contributed by atoms with Gasteiger partial charge in [0.1, 0.15) is 11.8 Å². The van der Waals surface area contributed by atoms with E-state index in [1.807, 2.05) is 36.4 Å². The smallest absolute Gasteiger partial charge is 0.122 e. The molecule has 0 spiro atoms. The summed E-state index contributed by atoms with van der Waals surface area (Å²) in [6.07, 6.45) is 0. The predicted octanol–water partition coefficient (Wildman–Crippen LogP) is 5.18. The molecule has 21 heavy (non-hydrogen) atoms. The van der Waals surface area contributed by atoms with Gasteiger partial charge < -0.3 is 10.1 Å². The van der Waals surface area contributed by atoms with Crippen molar-refractivity contribution in [3.05, 3.63) is 46.4 Å². The monoisotopic (exact) mass is 362 g/mol. The lowest BCUT2D eigenvalue weighted by Gasteiger charge is -2.12. The Morgan fingerprint density at radius 3 is 2.81 bits per heavy atom. The van der Waals surface area contributed by atoms with Gasteiger partial charge in [-0.05, 0) is 30.0 Å². The van der Waals surface area contributed by atoms with E-state index in [0.29, 0.717) is 5.56 Å². The molecule has 0 aromatic heterocycles. The molecule has 2 aromatic rings. The predicted molar refractivity (Wildman–Crippen MR) is 91.5 cm³/mol. The van der Waals surface area contributed by atoms with Gasteiger partial charge in [0.15, 0.2) is 0 Å². The third-order valence-electron chi connectivity index (χ3n) is 2.82. The number of hydrogen-bond donors (Lipinski definition) is 1. The molecule has 0 amide bonds. The molecule has 5 heteroatoms. The summed E-state index contributed by atoms with van der Waals surface area (Å²) in [5, 5.41) is 12.7. The minimum Gasteiger partial charge on any atom is -0.497 e. The fraction of sp³-hybridized carbons (Fsp3) is 0.188. The Labute approximate surface area is 137 Å². The van der Waals surface area contributed by atoms with Crippen LogP contribution in [0.3, 0.4) is 0 Å². The third-order valence-corrected chi connectivity index (χ3v) is 4.22. The molecule has 0 aliphatic rings. The summed E-state index contributed by atoms with van der Waals surface area (Å²) < 4.78 is 6.17. The highest BCUT2D eigenvalue weighted by atomic mass is 79.9. The standard InChI is InChI=1S/C16H15BrN2OS/c1-3-21-16-6-4-5-15(14(16)10-18)19-12-7-11(17)8-13(9-12)20-2/h4-9,19H,3H2,1-2H3. The molecule has 2 aromatic carbocycles. The second-order valence-electron chi connectivity index (χ2n) is 4.23. The SMILES string of the molecule is CCSc1cccc(Nc2cc(Br)cc(OC)c2)c1C#N. The van der Waals surface area contributed by atoms with Gasteiger partial charge >= 0.3 is 0 Å². The van der Waals surface area contributed by atoms with Gasteiger partial charge in [0.25, 0.3) is 0 Å². The lowest BCUT2D eigenvalue weighted by Crippen LogP contribution is -1.96. The zero-order valence-electron chi connectivity index (χ0n) is 11.8. The first-order valence-electron chi connectivity index (χ1n) is 6.45. The highest BCUT2D eigenvalue weighted by molar-refractivity contribution is 9.10. The van der Waals surface area contributed by atoms with E-state index in [-0.39, 0.29) is 0 Å². The number of halogens is 1. The van der Waals surface area contributed by atoms with Crippen LogP contribution >= 0.6 is 27.7 Å². The van der Waals surface area contributed by atoms with Crippen molar-refractivity contribution < 1.29 is 4.74 Å². The number of nitrogens with zero attached hydrogens (tertiary/aromatic N) is 1. The maximum absolute atomic E-state index is 9.42. The first-order chi connectivity index (χ1) is 10.2. The molecule has 3 nitrogen and oxygen atoms in total. The second-order valence-corrected chi connectivity index (χ2v) is 6.45. The van der Waals surface area contributed by atoms with Gasteiger partial charge in [-0.15, -0.1) is 11.8 Å². The van der Waals surface area contributed by atoms with Crippen molar-refractivity contribution in [1.29, 1.82) is 5.26 Å². The molecule has 0 unspecified atom stereocenters. The molecular weight excluding hydrogens is 348 g/mol. The molecule has 2 rings (SSSR count). The van der Waals surface area contributed by atoms with E-state index in [4.69, 9.17) is 4.74 Å². The molecule has 0 saturated carbocycles. The fourth-order valence-electron chi connectivity index (χ4n) is 1.93. The summed E-state index contributed by atoms with van der Waals surface area (Å²) in [4.78, 5) is 0.993. The molecular formula is C16H15BrN2OS. The van der Waals surface area contributed by atoms with Crippen LogP contribution in [-0.4, -0.2) is 12.9 Å². The van der Waals surface area contributed by atoms with Gasteiger partial charge in [0.2, 0.25) is 0 Å². The number of ether oxygens (including phenoxy) is 1. The van der Waals surface area contributed by atoms with Crippen molar-refractivity contribution in [2.45, 2.75) is 11.8 Å². The summed E-state index contributed by atoms with van der Waals surface area (Å²) in [7, 11) is 1.63. The van der Waals surface area contributed by atoms with E-state index in [2.05, 4.69) is 34.2 Å². The normalized spacial score (nSPS) is 10.0. The number of nitriles is 1. The van der Waals surface area contributed by atoms with Gasteiger partial charge in [0.05, 0.1) is 18.4 Å². The molecule has 0 heterocycles. The van der Waals surface area contributed by atoms with Crippen molar-refractivity contribution in [2.75, 3.05) is 18.2 Å². The molecule has 0 atom stereocenters. The van der Waals surface area contributed by atoms with E-state index in [0.717, 1.165) is 32.2 Å². The number of nitrogens with one attached hydrogen (secondary N) is 1. The Morgan fingerprint density at radius 2 is 2.14 bits per heavy atom. The van der Waals surface area contributed by atoms with E-state index in [1.54, 1.807) is 18.9 Å². The molecule has 0 saturated heterocycles. The molecule has 0 fully saturated rings. The highest BCUT2D eigenvalue weighted by Crippen LogP contribution is 2.32. The molecule has 0 bridgehead atoms. The average molecular weight is 363 g/mol. The molecule has 108 valence electrons. The maximum Gasteiger partial charge on any atom is 0.122 e. The van der Waals surface area contributed by atoms with Crippen molar-refractivity contribution in [1.82, 2.24) is 0 Å². The second kappa shape index (κ2) is 7.39. The Bertz CT molecular complexity index is 682. The lowest BCUT2D eigenvalue weighted by molar-refractivity contribution is 0.415. The van der Waals surface area contributed by atoms with Crippen LogP contribution in [0.2, 0.25) is 0 Å². The van der Waals surface area contributed by atoms with Gasteiger partial charge in [0, 0.05) is 21.1 Å². The van der Waals surface area contributed by atoms with Gasteiger partial charge in [-0.25, -0.2) is 0 Å². The Morgan fingerprint density at radius 1 is 1.33 bits per heavy atom. The van der Waals surface area contributed by atoms with Gasteiger partial charge in [-0.2, -0.15) is 5.26 Å². The van der Waals surface area contributed by atoms with Crippen molar-refractivity contribution in [2.24, 2.45) is 0 Å². The molecule has 0 aliphatic heterocycles. The summed E-state index contributed by atoms with van der Waals surface area (Å²) in [6.45, 7) is 2.07. The fourth-order valence-corrected chi connectivity index (χ4v) is 3.19. The number of rotatable bonds is 5. The van der Waals surface area contributed by atoms with E-state index in [1.165, 1.54) is 0 Å². The van der Waals surface area contributed by atoms with Crippen LogP contribution in [-0.2, 0) is 0 Å². The van der Waals surface area contributed by atoms with E-state index >= 15 is 0 Å². The van der Waals surface area contributed by atoms with Crippen LogP contribution in [0, 0.1) is 11.3 Å². The Hall–Kier alpha value is -1.64. The summed E-state index contributed by atoms with van der Waals surface area (Å²) in [6, 6.07) is 13.9. The van der Waals surface area contributed by atoms with E-state index < -0.39 is 0 Å². The summed E-state index contributed by atoms with van der Waals surface area (Å²) >= 11 is 5.12. The topological polar surface area (TPSA) is 45.0 Å². The first-order valence-corrected chi connectivity index (χ1v) is 8.23. The van der Waals surface area contributed by atoms with Crippen LogP contribution < -0.4 is 10.1 Å². The highest BCUT2D eigenvalue weighted by Gasteiger charge is 2.09. The van der Waals surface area contributed by atoms with E-state index in [9.17, 15) is 5.26 Å². The molecule has 0 radical (unpaired) electrons. The number of benzene rings is 2. The number of hydrogen-bond acceptors (Lipinski definition) is 4. The number of anilines is 2. The van der Waals surface area contributed by atoms with Crippen molar-refractivity contribution in [3.63, 3.8) is 0 Å². The van der Waals surface area contributed by atoms with Crippen molar-refractivity contribution >= 4 is 39.1 Å². The maximum atomic E-state index is 9.42. The van der Waals surface area contributed by atoms with Crippen LogP contribution in [0.1, 0.15) is 12.5 Å².